The van der Waals surface area contributed by atoms with Crippen LogP contribution in [-0.4, -0.2) is 39.2 Å². The quantitative estimate of drug-likeness (QED) is 0.526. The smallest absolute Gasteiger partial charge is 0.343 e. The number of hydrogen-bond donors (Lipinski definition) is 1. The van der Waals surface area contributed by atoms with Crippen LogP contribution in [0.1, 0.15) is 35.7 Å². The van der Waals surface area contributed by atoms with E-state index in [0.29, 0.717) is 45.2 Å². The lowest BCUT2D eigenvalue weighted by atomic mass is 9.80. The van der Waals surface area contributed by atoms with Crippen LogP contribution in [0.15, 0.2) is 71.1 Å². The Hall–Kier alpha value is -4.07. The maximum absolute atomic E-state index is 12.6. The van der Waals surface area contributed by atoms with E-state index in [-0.39, 0.29) is 0 Å². The van der Waals surface area contributed by atoms with Gasteiger partial charge < -0.3 is 24.3 Å². The summed E-state index contributed by atoms with van der Waals surface area (Å²) in [6.45, 7) is 3.48. The first-order valence-corrected chi connectivity index (χ1v) is 10.1. The van der Waals surface area contributed by atoms with Gasteiger partial charge >= 0.3 is 17.9 Å². The summed E-state index contributed by atoms with van der Waals surface area (Å²) >= 11 is 0. The number of ether oxygens (including phenoxy) is 4. The predicted molar refractivity (Wildman–Crippen MR) is 120 cm³/mol. The van der Waals surface area contributed by atoms with Crippen LogP contribution < -0.4 is 14.8 Å². The first-order valence-electron chi connectivity index (χ1n) is 10.1. The normalized spacial score (nSPS) is 13.8. The zero-order chi connectivity index (χ0) is 24.1. The lowest BCUT2D eigenvalue weighted by molar-refractivity contribution is -0.137. The zero-order valence-electron chi connectivity index (χ0n) is 19.1. The van der Waals surface area contributed by atoms with Gasteiger partial charge in [-0.3, -0.25) is 0 Å². The Labute approximate surface area is 191 Å². The van der Waals surface area contributed by atoms with Crippen molar-refractivity contribution >= 4 is 17.9 Å². The number of carbonyl (C=O) groups excluding carboxylic acids is 3. The topological polar surface area (TPSA) is 100 Å². The highest BCUT2D eigenvalue weighted by Gasteiger charge is 2.37. The minimum absolute atomic E-state index is 0.298. The molecule has 0 radical (unpaired) electrons. The van der Waals surface area contributed by atoms with Gasteiger partial charge in [-0.15, -0.1) is 0 Å². The van der Waals surface area contributed by atoms with Crippen LogP contribution in [-0.2, 0) is 19.1 Å². The molecule has 8 nitrogen and oxygen atoms in total. The van der Waals surface area contributed by atoms with Gasteiger partial charge in [-0.05, 0) is 55.8 Å². The van der Waals surface area contributed by atoms with E-state index < -0.39 is 23.8 Å². The lowest BCUT2D eigenvalue weighted by Gasteiger charge is -2.30. The number of carbonyl (C=O) groups is 3. The summed E-state index contributed by atoms with van der Waals surface area (Å²) < 4.78 is 20.5. The summed E-state index contributed by atoms with van der Waals surface area (Å²) in [6, 6.07) is 13.2. The van der Waals surface area contributed by atoms with Gasteiger partial charge in [-0.25, -0.2) is 14.4 Å². The highest BCUT2D eigenvalue weighted by molar-refractivity contribution is 5.99. The lowest BCUT2D eigenvalue weighted by Crippen LogP contribution is -2.32. The Balaban J connectivity index is 1.92. The fourth-order valence-corrected chi connectivity index (χ4v) is 3.71. The molecule has 0 amide bonds. The number of benzene rings is 2. The van der Waals surface area contributed by atoms with E-state index in [4.69, 9.17) is 18.9 Å². The predicted octanol–water partition coefficient (Wildman–Crippen LogP) is 3.50. The molecule has 0 unspecified atom stereocenters. The molecule has 2 aromatic rings. The molecule has 1 heterocycles. The summed E-state index contributed by atoms with van der Waals surface area (Å²) in [5.74, 6) is -1.41. The van der Waals surface area contributed by atoms with Crippen molar-refractivity contribution in [3.63, 3.8) is 0 Å². The van der Waals surface area contributed by atoms with E-state index in [9.17, 15) is 14.4 Å². The van der Waals surface area contributed by atoms with Crippen LogP contribution in [0.3, 0.4) is 0 Å². The molecule has 8 heteroatoms. The molecule has 1 aliphatic rings. The van der Waals surface area contributed by atoms with Crippen molar-refractivity contribution in [1.29, 1.82) is 0 Å². The summed E-state index contributed by atoms with van der Waals surface area (Å²) in [4.78, 5) is 37.6. The highest BCUT2D eigenvalue weighted by Crippen LogP contribution is 2.39. The van der Waals surface area contributed by atoms with Gasteiger partial charge in [-0.1, -0.05) is 12.1 Å². The minimum atomic E-state index is -0.711. The SMILES string of the molecule is COC(=O)C1=C(C)NC(C)=C(C(=O)OC)C1c1ccc(OC(=O)c2ccc(OC)cc2)cc1. The Bertz CT molecular complexity index is 1090. The van der Waals surface area contributed by atoms with Crippen molar-refractivity contribution in [1.82, 2.24) is 5.32 Å². The molecule has 0 bridgehead atoms. The van der Waals surface area contributed by atoms with Gasteiger partial charge in [0, 0.05) is 11.4 Å². The summed E-state index contributed by atoms with van der Waals surface area (Å²) in [6.07, 6.45) is 0. The summed E-state index contributed by atoms with van der Waals surface area (Å²) in [5, 5.41) is 3.05. The fraction of sp³-hybridized carbons (Fsp3) is 0.240. The maximum Gasteiger partial charge on any atom is 0.343 e. The molecule has 0 atom stereocenters. The molecule has 0 saturated heterocycles. The third-order valence-corrected chi connectivity index (χ3v) is 5.32. The minimum Gasteiger partial charge on any atom is -0.497 e. The number of nitrogens with one attached hydrogen (secondary N) is 1. The van der Waals surface area contributed by atoms with Gasteiger partial charge in [0.15, 0.2) is 0 Å². The van der Waals surface area contributed by atoms with Gasteiger partial charge in [0.1, 0.15) is 11.5 Å². The first kappa shape index (κ1) is 23.6. The summed E-state index contributed by atoms with van der Waals surface area (Å²) in [7, 11) is 4.11. The molecule has 1 aliphatic heterocycles. The van der Waals surface area contributed by atoms with E-state index in [0.717, 1.165) is 0 Å². The van der Waals surface area contributed by atoms with Gasteiger partial charge in [-0.2, -0.15) is 0 Å². The molecular formula is C25H25NO7. The van der Waals surface area contributed by atoms with Crippen LogP contribution >= 0.6 is 0 Å². The number of esters is 3. The van der Waals surface area contributed by atoms with Crippen LogP contribution in [0.4, 0.5) is 0 Å². The third-order valence-electron chi connectivity index (χ3n) is 5.32. The molecule has 33 heavy (non-hydrogen) atoms. The Morgan fingerprint density at radius 1 is 0.697 bits per heavy atom. The maximum atomic E-state index is 12.6. The second-order valence-electron chi connectivity index (χ2n) is 7.31. The average Bonchev–Trinajstić information content (AvgIpc) is 2.83. The molecule has 3 rings (SSSR count). The largest absolute Gasteiger partial charge is 0.497 e. The number of dihydropyridines is 1. The third kappa shape index (κ3) is 4.90. The monoisotopic (exact) mass is 451 g/mol. The van der Waals surface area contributed by atoms with Gasteiger partial charge in [0.25, 0.3) is 0 Å². The van der Waals surface area contributed by atoms with E-state index in [1.165, 1.54) is 14.2 Å². The van der Waals surface area contributed by atoms with Crippen LogP contribution in [0.5, 0.6) is 11.5 Å². The second kappa shape index (κ2) is 10.0. The van der Waals surface area contributed by atoms with E-state index >= 15 is 0 Å². The Morgan fingerprint density at radius 2 is 1.18 bits per heavy atom. The molecule has 2 aromatic carbocycles. The van der Waals surface area contributed by atoms with Gasteiger partial charge in [0.2, 0.25) is 0 Å². The molecule has 0 saturated carbocycles. The second-order valence-corrected chi connectivity index (χ2v) is 7.31. The molecule has 172 valence electrons. The number of allylic oxidation sites excluding steroid dienone is 2. The number of rotatable bonds is 6. The molecule has 0 aliphatic carbocycles. The Kier molecular flexibility index (Phi) is 7.17. The van der Waals surface area contributed by atoms with Crippen molar-refractivity contribution in [2.24, 2.45) is 0 Å². The van der Waals surface area contributed by atoms with Crippen molar-refractivity contribution < 1.29 is 33.3 Å². The zero-order valence-corrected chi connectivity index (χ0v) is 19.1. The molecular weight excluding hydrogens is 426 g/mol. The van der Waals surface area contributed by atoms with E-state index in [1.54, 1.807) is 69.5 Å². The van der Waals surface area contributed by atoms with Crippen molar-refractivity contribution in [3.8, 4) is 11.5 Å². The fourth-order valence-electron chi connectivity index (χ4n) is 3.71. The van der Waals surface area contributed by atoms with Crippen molar-refractivity contribution in [3.05, 3.63) is 82.2 Å². The number of methoxy groups -OCH3 is 3. The van der Waals surface area contributed by atoms with Crippen LogP contribution in [0.25, 0.3) is 0 Å². The van der Waals surface area contributed by atoms with Crippen LogP contribution in [0, 0.1) is 0 Å². The molecule has 0 aromatic heterocycles. The van der Waals surface area contributed by atoms with E-state index in [1.807, 2.05) is 0 Å². The molecule has 0 fully saturated rings. The van der Waals surface area contributed by atoms with Crippen LogP contribution in [0.2, 0.25) is 0 Å². The number of hydrogen-bond acceptors (Lipinski definition) is 8. The van der Waals surface area contributed by atoms with Crippen molar-refractivity contribution in [2.75, 3.05) is 21.3 Å². The highest BCUT2D eigenvalue weighted by atomic mass is 16.5. The molecule has 0 spiro atoms. The summed E-state index contributed by atoms with van der Waals surface area (Å²) in [5.41, 5.74) is 2.76. The standard InChI is InChI=1S/C25H25NO7/c1-14-20(24(28)31-4)22(21(15(2)26-14)25(29)32-5)16-6-12-19(13-7-16)33-23(27)17-8-10-18(30-3)11-9-17/h6-13,22,26H,1-5H3. The van der Waals surface area contributed by atoms with Gasteiger partial charge in [0.05, 0.1) is 44.0 Å². The molecule has 1 N–H and O–H groups in total. The van der Waals surface area contributed by atoms with Crippen molar-refractivity contribution in [2.45, 2.75) is 19.8 Å². The Morgan fingerprint density at radius 3 is 1.64 bits per heavy atom. The first-order chi connectivity index (χ1) is 15.8. The average molecular weight is 451 g/mol. The van der Waals surface area contributed by atoms with E-state index in [2.05, 4.69) is 5.32 Å².